The highest BCUT2D eigenvalue weighted by molar-refractivity contribution is 5.89. The fourth-order valence-electron chi connectivity index (χ4n) is 4.64. The number of nitrogens with zero attached hydrogens (tertiary/aromatic N) is 4. The number of aryl methyl sites for hydroxylation is 4. The number of hydrogen-bond donors (Lipinski definition) is 1. The summed E-state index contributed by atoms with van der Waals surface area (Å²) in [6, 6.07) is 16.8. The van der Waals surface area contributed by atoms with Crippen LogP contribution >= 0.6 is 0 Å². The average Bonchev–Trinajstić information content (AvgIpc) is 3.13. The topological polar surface area (TPSA) is 61.4 Å². The summed E-state index contributed by atoms with van der Waals surface area (Å²) in [6.07, 6.45) is 3.57. The lowest BCUT2D eigenvalue weighted by Gasteiger charge is -2.26. The van der Waals surface area contributed by atoms with Gasteiger partial charge in [0.15, 0.2) is 0 Å². The Balaban J connectivity index is 1.50. The molecule has 35 heavy (non-hydrogen) atoms. The fraction of sp³-hybridized carbons (Fsp3) is 0.414. The number of rotatable bonds is 6. The summed E-state index contributed by atoms with van der Waals surface area (Å²) in [4.78, 5) is 26.9. The number of urea groups is 1. The zero-order valence-electron chi connectivity index (χ0n) is 21.5. The summed E-state index contributed by atoms with van der Waals surface area (Å²) in [7, 11) is 0. The van der Waals surface area contributed by atoms with E-state index in [2.05, 4.69) is 67.4 Å². The number of carbonyl (C=O) groups excluding carboxylic acids is 1. The molecule has 4 rings (SSSR count). The maximum Gasteiger partial charge on any atom is 0.321 e. The first kappa shape index (κ1) is 24.7. The normalized spacial score (nSPS) is 14.1. The molecule has 6 heteroatoms. The minimum atomic E-state index is -0.0379. The SMILES string of the molecule is CCc1ccc(NC(=O)N2CCCN(c3nc(C)nc(CC)c3Cc3ccc(C)cc3)CC2)cc1. The summed E-state index contributed by atoms with van der Waals surface area (Å²) in [5.74, 6) is 1.83. The van der Waals surface area contributed by atoms with Crippen LogP contribution in [-0.2, 0) is 19.3 Å². The number of hydrogen-bond acceptors (Lipinski definition) is 4. The van der Waals surface area contributed by atoms with Crippen molar-refractivity contribution in [3.05, 3.63) is 82.3 Å². The van der Waals surface area contributed by atoms with Gasteiger partial charge in [-0.15, -0.1) is 0 Å². The first-order chi connectivity index (χ1) is 17.0. The second-order valence-corrected chi connectivity index (χ2v) is 9.34. The summed E-state index contributed by atoms with van der Waals surface area (Å²) in [6.45, 7) is 11.4. The maximum atomic E-state index is 13.0. The molecule has 184 valence electrons. The molecule has 1 aliphatic heterocycles. The van der Waals surface area contributed by atoms with Crippen molar-refractivity contribution in [1.82, 2.24) is 14.9 Å². The second kappa shape index (κ2) is 11.3. The number of carbonyl (C=O) groups is 1. The Morgan fingerprint density at radius 3 is 2.26 bits per heavy atom. The molecule has 1 N–H and O–H groups in total. The summed E-state index contributed by atoms with van der Waals surface area (Å²) in [5, 5.41) is 3.06. The first-order valence-electron chi connectivity index (χ1n) is 12.8. The standard InChI is InChI=1S/C29H37N5O/c1-5-23-12-14-25(15-13-23)32-29(35)34-17-7-16-33(18-19-34)28-26(27(6-2)30-22(4)31-28)20-24-10-8-21(3)9-11-24/h8-15H,5-7,16-20H2,1-4H3,(H,32,35). The molecular formula is C29H37N5O. The van der Waals surface area contributed by atoms with Gasteiger partial charge in [0.05, 0.1) is 0 Å². The molecule has 1 fully saturated rings. The average molecular weight is 472 g/mol. The highest BCUT2D eigenvalue weighted by Gasteiger charge is 2.23. The monoisotopic (exact) mass is 471 g/mol. The first-order valence-corrected chi connectivity index (χ1v) is 12.8. The van der Waals surface area contributed by atoms with Gasteiger partial charge in [-0.3, -0.25) is 0 Å². The largest absolute Gasteiger partial charge is 0.354 e. The van der Waals surface area contributed by atoms with E-state index in [0.717, 1.165) is 68.3 Å². The third-order valence-electron chi connectivity index (χ3n) is 6.72. The predicted molar refractivity (Wildman–Crippen MR) is 143 cm³/mol. The van der Waals surface area contributed by atoms with Crippen molar-refractivity contribution in [2.75, 3.05) is 36.4 Å². The van der Waals surface area contributed by atoms with E-state index < -0.39 is 0 Å². The highest BCUT2D eigenvalue weighted by atomic mass is 16.2. The van der Waals surface area contributed by atoms with Gasteiger partial charge in [-0.2, -0.15) is 0 Å². The van der Waals surface area contributed by atoms with Gasteiger partial charge in [0.25, 0.3) is 0 Å². The van der Waals surface area contributed by atoms with Crippen LogP contribution in [0.2, 0.25) is 0 Å². The zero-order chi connectivity index (χ0) is 24.8. The molecule has 0 spiro atoms. The highest BCUT2D eigenvalue weighted by Crippen LogP contribution is 2.26. The van der Waals surface area contributed by atoms with Crippen LogP contribution in [0.4, 0.5) is 16.3 Å². The number of anilines is 2. The van der Waals surface area contributed by atoms with Gasteiger partial charge in [-0.05, 0) is 56.4 Å². The molecule has 2 heterocycles. The van der Waals surface area contributed by atoms with E-state index in [9.17, 15) is 4.79 Å². The zero-order valence-corrected chi connectivity index (χ0v) is 21.5. The van der Waals surface area contributed by atoms with Crippen molar-refractivity contribution < 1.29 is 4.79 Å². The van der Waals surface area contributed by atoms with Crippen LogP contribution in [0.25, 0.3) is 0 Å². The quantitative estimate of drug-likeness (QED) is 0.512. The molecule has 1 aliphatic rings. The van der Waals surface area contributed by atoms with Crippen molar-refractivity contribution in [3.8, 4) is 0 Å². The smallest absolute Gasteiger partial charge is 0.321 e. The minimum absolute atomic E-state index is 0.0379. The van der Waals surface area contributed by atoms with Gasteiger partial charge in [0.2, 0.25) is 0 Å². The van der Waals surface area contributed by atoms with Crippen LogP contribution in [0.15, 0.2) is 48.5 Å². The fourth-order valence-corrected chi connectivity index (χ4v) is 4.64. The number of amides is 2. The van der Waals surface area contributed by atoms with E-state index in [-0.39, 0.29) is 6.03 Å². The number of benzene rings is 2. The molecule has 1 saturated heterocycles. The maximum absolute atomic E-state index is 13.0. The molecule has 2 aromatic carbocycles. The van der Waals surface area contributed by atoms with Gasteiger partial charge in [0.1, 0.15) is 11.6 Å². The Bertz CT molecular complexity index is 1140. The molecule has 2 amide bonds. The summed E-state index contributed by atoms with van der Waals surface area (Å²) >= 11 is 0. The number of aromatic nitrogens is 2. The lowest BCUT2D eigenvalue weighted by Crippen LogP contribution is -2.38. The molecule has 0 atom stereocenters. The van der Waals surface area contributed by atoms with Crippen LogP contribution in [0.3, 0.4) is 0 Å². The van der Waals surface area contributed by atoms with Crippen molar-refractivity contribution in [2.45, 2.75) is 53.4 Å². The van der Waals surface area contributed by atoms with Gasteiger partial charge < -0.3 is 15.1 Å². The second-order valence-electron chi connectivity index (χ2n) is 9.34. The van der Waals surface area contributed by atoms with E-state index in [4.69, 9.17) is 9.97 Å². The molecule has 3 aromatic rings. The van der Waals surface area contributed by atoms with E-state index in [1.807, 2.05) is 24.0 Å². The molecule has 1 aromatic heterocycles. The van der Waals surface area contributed by atoms with Crippen LogP contribution in [-0.4, -0.2) is 47.1 Å². The lowest BCUT2D eigenvalue weighted by atomic mass is 10.0. The van der Waals surface area contributed by atoms with Crippen molar-refractivity contribution >= 4 is 17.5 Å². The lowest BCUT2D eigenvalue weighted by molar-refractivity contribution is 0.215. The summed E-state index contributed by atoms with van der Waals surface area (Å²) in [5.41, 5.74) is 6.95. The Morgan fingerprint density at radius 2 is 1.57 bits per heavy atom. The van der Waals surface area contributed by atoms with Crippen LogP contribution in [0, 0.1) is 13.8 Å². The molecule has 6 nitrogen and oxygen atoms in total. The summed E-state index contributed by atoms with van der Waals surface area (Å²) < 4.78 is 0. The van der Waals surface area contributed by atoms with Crippen LogP contribution < -0.4 is 10.2 Å². The van der Waals surface area contributed by atoms with Crippen molar-refractivity contribution in [1.29, 1.82) is 0 Å². The van der Waals surface area contributed by atoms with Gasteiger partial charge >= 0.3 is 6.03 Å². The Labute approximate surface area is 209 Å². The van der Waals surface area contributed by atoms with Crippen LogP contribution in [0.1, 0.15) is 54.0 Å². The Morgan fingerprint density at radius 1 is 0.857 bits per heavy atom. The third kappa shape index (κ3) is 6.18. The molecule has 0 unspecified atom stereocenters. The molecule has 0 bridgehead atoms. The van der Waals surface area contributed by atoms with Gasteiger partial charge in [0, 0.05) is 49.5 Å². The van der Waals surface area contributed by atoms with Crippen molar-refractivity contribution in [3.63, 3.8) is 0 Å². The van der Waals surface area contributed by atoms with Crippen molar-refractivity contribution in [2.24, 2.45) is 0 Å². The molecule has 0 radical (unpaired) electrons. The van der Waals surface area contributed by atoms with Gasteiger partial charge in [-0.25, -0.2) is 14.8 Å². The van der Waals surface area contributed by atoms with E-state index in [1.165, 1.54) is 22.3 Å². The Hall–Kier alpha value is -3.41. The van der Waals surface area contributed by atoms with E-state index in [0.29, 0.717) is 6.54 Å². The van der Waals surface area contributed by atoms with E-state index >= 15 is 0 Å². The van der Waals surface area contributed by atoms with Crippen LogP contribution in [0.5, 0.6) is 0 Å². The van der Waals surface area contributed by atoms with Gasteiger partial charge in [-0.1, -0.05) is 55.8 Å². The molecule has 0 saturated carbocycles. The Kier molecular flexibility index (Phi) is 8.01. The molecule has 0 aliphatic carbocycles. The van der Waals surface area contributed by atoms with E-state index in [1.54, 1.807) is 0 Å². The third-order valence-corrected chi connectivity index (χ3v) is 6.72. The molecular weight excluding hydrogens is 434 g/mol. The number of nitrogens with one attached hydrogen (secondary N) is 1. The minimum Gasteiger partial charge on any atom is -0.354 e. The predicted octanol–water partition coefficient (Wildman–Crippen LogP) is 5.55.